The van der Waals surface area contributed by atoms with Crippen molar-refractivity contribution < 1.29 is 9.90 Å². The summed E-state index contributed by atoms with van der Waals surface area (Å²) in [6.45, 7) is 2.65. The van der Waals surface area contributed by atoms with Gasteiger partial charge < -0.3 is 21.1 Å². The first-order valence-electron chi connectivity index (χ1n) is 7.67. The Kier molecular flexibility index (Phi) is 5.87. The number of benzene rings is 1. The van der Waals surface area contributed by atoms with Gasteiger partial charge >= 0.3 is 6.03 Å². The first-order valence-corrected chi connectivity index (χ1v) is 7.67. The van der Waals surface area contributed by atoms with E-state index in [0.717, 1.165) is 31.4 Å². The van der Waals surface area contributed by atoms with Gasteiger partial charge in [0.25, 0.3) is 0 Å². The van der Waals surface area contributed by atoms with E-state index >= 15 is 0 Å². The molecule has 4 N–H and O–H groups in total. The van der Waals surface area contributed by atoms with E-state index in [1.807, 2.05) is 37.3 Å². The molecule has 21 heavy (non-hydrogen) atoms. The molecule has 1 fully saturated rings. The van der Waals surface area contributed by atoms with Gasteiger partial charge in [0, 0.05) is 24.3 Å². The lowest BCUT2D eigenvalue weighted by Crippen LogP contribution is -2.48. The summed E-state index contributed by atoms with van der Waals surface area (Å²) in [6.07, 6.45) is 3.06. The average Bonchev–Trinajstić information content (AvgIpc) is 2.48. The summed E-state index contributed by atoms with van der Waals surface area (Å²) in [4.78, 5) is 11.9. The molecule has 1 aliphatic carbocycles. The number of carbonyl (C=O) groups is 1. The van der Waals surface area contributed by atoms with E-state index in [9.17, 15) is 9.90 Å². The third kappa shape index (κ3) is 5.63. The Morgan fingerprint density at radius 2 is 1.90 bits per heavy atom. The number of nitrogens with one attached hydrogen (secondary N) is 3. The minimum Gasteiger partial charge on any atom is -0.393 e. The number of hydrogen-bond acceptors (Lipinski definition) is 3. The largest absolute Gasteiger partial charge is 0.393 e. The molecule has 0 radical (unpaired) electrons. The summed E-state index contributed by atoms with van der Waals surface area (Å²) in [6, 6.07) is 10.0. The summed E-state index contributed by atoms with van der Waals surface area (Å²) in [5, 5.41) is 18.6. The zero-order valence-corrected chi connectivity index (χ0v) is 12.5. The van der Waals surface area contributed by atoms with Crippen molar-refractivity contribution >= 4 is 11.7 Å². The number of urea groups is 1. The lowest BCUT2D eigenvalue weighted by molar-refractivity contribution is 0.117. The van der Waals surface area contributed by atoms with E-state index < -0.39 is 0 Å². The molecule has 0 bridgehead atoms. The first kappa shape index (κ1) is 15.6. The Bertz CT molecular complexity index is 430. The molecule has 1 saturated carbocycles. The van der Waals surface area contributed by atoms with Crippen LogP contribution in [0.25, 0.3) is 0 Å². The molecule has 1 aromatic carbocycles. The average molecular weight is 291 g/mol. The van der Waals surface area contributed by atoms with Crippen LogP contribution in [0.5, 0.6) is 0 Å². The first-order chi connectivity index (χ1) is 10.1. The van der Waals surface area contributed by atoms with Crippen LogP contribution in [0.4, 0.5) is 10.5 Å². The topological polar surface area (TPSA) is 73.4 Å². The van der Waals surface area contributed by atoms with Gasteiger partial charge in [-0.2, -0.15) is 0 Å². The number of anilines is 1. The van der Waals surface area contributed by atoms with Crippen LogP contribution in [0, 0.1) is 0 Å². The van der Waals surface area contributed by atoms with Crippen molar-refractivity contribution in [2.45, 2.75) is 50.8 Å². The molecule has 2 amide bonds. The molecule has 2 rings (SSSR count). The van der Waals surface area contributed by atoms with Crippen molar-refractivity contribution in [3.63, 3.8) is 0 Å². The molecule has 5 nitrogen and oxygen atoms in total. The van der Waals surface area contributed by atoms with E-state index in [1.54, 1.807) is 0 Å². The molecular formula is C16H25N3O2. The van der Waals surface area contributed by atoms with Gasteiger partial charge in [-0.05, 0) is 44.7 Å². The van der Waals surface area contributed by atoms with Gasteiger partial charge in [-0.1, -0.05) is 18.2 Å². The number of aliphatic hydroxyl groups is 1. The highest BCUT2D eigenvalue weighted by atomic mass is 16.3. The fourth-order valence-corrected chi connectivity index (χ4v) is 2.55. The normalized spacial score (nSPS) is 23.1. The predicted molar refractivity (Wildman–Crippen MR) is 84.3 cm³/mol. The van der Waals surface area contributed by atoms with Crippen LogP contribution in [0.2, 0.25) is 0 Å². The predicted octanol–water partition coefficient (Wildman–Crippen LogP) is 2.09. The van der Waals surface area contributed by atoms with Crippen LogP contribution in [-0.2, 0) is 0 Å². The van der Waals surface area contributed by atoms with Crippen molar-refractivity contribution in [1.82, 2.24) is 10.6 Å². The minimum absolute atomic E-state index is 0.0411. The quantitative estimate of drug-likeness (QED) is 0.671. The number of aliphatic hydroxyl groups excluding tert-OH is 1. The molecule has 0 heterocycles. The highest BCUT2D eigenvalue weighted by Crippen LogP contribution is 2.18. The summed E-state index contributed by atoms with van der Waals surface area (Å²) >= 11 is 0. The van der Waals surface area contributed by atoms with Crippen molar-refractivity contribution in [2.24, 2.45) is 0 Å². The van der Waals surface area contributed by atoms with Gasteiger partial charge in [-0.15, -0.1) is 0 Å². The number of para-hydroxylation sites is 1. The summed E-state index contributed by atoms with van der Waals surface area (Å²) in [5.41, 5.74) is 1.05. The fourth-order valence-electron chi connectivity index (χ4n) is 2.55. The Labute approximate surface area is 126 Å². The molecule has 1 aliphatic rings. The van der Waals surface area contributed by atoms with E-state index in [-0.39, 0.29) is 24.2 Å². The Morgan fingerprint density at radius 3 is 2.57 bits per heavy atom. The standard InChI is InChI=1S/C16H25N3O2/c1-12(11-17-13-5-3-2-4-6-13)18-16(21)19-14-7-9-15(20)10-8-14/h2-6,12,14-15,17,20H,7-11H2,1H3,(H2,18,19,21)/t12-,14?,15?/m0/s1. The Hall–Kier alpha value is -1.75. The van der Waals surface area contributed by atoms with Gasteiger partial charge in [0.2, 0.25) is 0 Å². The number of hydrogen-bond donors (Lipinski definition) is 4. The van der Waals surface area contributed by atoms with Crippen molar-refractivity contribution in [3.05, 3.63) is 30.3 Å². The summed E-state index contributed by atoms with van der Waals surface area (Å²) < 4.78 is 0. The highest BCUT2D eigenvalue weighted by Gasteiger charge is 2.21. The van der Waals surface area contributed by atoms with Crippen molar-refractivity contribution in [2.75, 3.05) is 11.9 Å². The van der Waals surface area contributed by atoms with Gasteiger partial charge in [0.15, 0.2) is 0 Å². The van der Waals surface area contributed by atoms with E-state index in [0.29, 0.717) is 6.54 Å². The van der Waals surface area contributed by atoms with Crippen molar-refractivity contribution in [3.8, 4) is 0 Å². The second kappa shape index (κ2) is 7.88. The van der Waals surface area contributed by atoms with Crippen LogP contribution < -0.4 is 16.0 Å². The van der Waals surface area contributed by atoms with Crippen LogP contribution >= 0.6 is 0 Å². The molecule has 0 spiro atoms. The van der Waals surface area contributed by atoms with Gasteiger partial charge in [0.05, 0.1) is 6.10 Å². The number of amides is 2. The van der Waals surface area contributed by atoms with E-state index in [2.05, 4.69) is 16.0 Å². The third-order valence-electron chi connectivity index (χ3n) is 3.80. The number of carbonyl (C=O) groups excluding carboxylic acids is 1. The van der Waals surface area contributed by atoms with Gasteiger partial charge in [-0.25, -0.2) is 4.79 Å². The smallest absolute Gasteiger partial charge is 0.315 e. The third-order valence-corrected chi connectivity index (χ3v) is 3.80. The van der Waals surface area contributed by atoms with Crippen LogP contribution in [0.3, 0.4) is 0 Å². The molecule has 0 saturated heterocycles. The van der Waals surface area contributed by atoms with E-state index in [4.69, 9.17) is 0 Å². The van der Waals surface area contributed by atoms with E-state index in [1.165, 1.54) is 0 Å². The molecule has 116 valence electrons. The monoisotopic (exact) mass is 291 g/mol. The SMILES string of the molecule is C[C@@H](CNc1ccccc1)NC(=O)NC1CCC(O)CC1. The second-order valence-corrected chi connectivity index (χ2v) is 5.77. The molecule has 1 aromatic rings. The van der Waals surface area contributed by atoms with Crippen LogP contribution in [0.15, 0.2) is 30.3 Å². The highest BCUT2D eigenvalue weighted by molar-refractivity contribution is 5.74. The molecule has 1 atom stereocenters. The lowest BCUT2D eigenvalue weighted by Gasteiger charge is -2.27. The maximum absolute atomic E-state index is 11.9. The molecule has 0 aromatic heterocycles. The van der Waals surface area contributed by atoms with Crippen molar-refractivity contribution in [1.29, 1.82) is 0 Å². The molecule has 5 heteroatoms. The fraction of sp³-hybridized carbons (Fsp3) is 0.562. The van der Waals surface area contributed by atoms with Crippen LogP contribution in [-0.4, -0.2) is 35.9 Å². The zero-order valence-electron chi connectivity index (χ0n) is 12.5. The molecule has 0 aliphatic heterocycles. The number of rotatable bonds is 5. The van der Waals surface area contributed by atoms with Crippen LogP contribution in [0.1, 0.15) is 32.6 Å². The Morgan fingerprint density at radius 1 is 1.24 bits per heavy atom. The second-order valence-electron chi connectivity index (χ2n) is 5.77. The van der Waals surface area contributed by atoms with Gasteiger partial charge in [0.1, 0.15) is 0 Å². The van der Waals surface area contributed by atoms with Gasteiger partial charge in [-0.3, -0.25) is 0 Å². The minimum atomic E-state index is -0.194. The maximum Gasteiger partial charge on any atom is 0.315 e. The summed E-state index contributed by atoms with van der Waals surface area (Å²) in [5.74, 6) is 0. The maximum atomic E-state index is 11.9. The summed E-state index contributed by atoms with van der Waals surface area (Å²) in [7, 11) is 0. The lowest BCUT2D eigenvalue weighted by atomic mass is 9.93. The molecule has 0 unspecified atom stereocenters. The Balaban J connectivity index is 1.65. The molecular weight excluding hydrogens is 266 g/mol. The zero-order chi connectivity index (χ0) is 15.1.